The van der Waals surface area contributed by atoms with Crippen molar-refractivity contribution in [2.24, 2.45) is 0 Å². The van der Waals surface area contributed by atoms with Crippen molar-refractivity contribution in [2.45, 2.75) is 37.7 Å². The molecule has 3 rings (SSSR count). The molecule has 6 heteroatoms. The van der Waals surface area contributed by atoms with Crippen molar-refractivity contribution in [1.29, 1.82) is 0 Å². The summed E-state index contributed by atoms with van der Waals surface area (Å²) in [5.74, 6) is -0.0528. The first kappa shape index (κ1) is 17.5. The van der Waals surface area contributed by atoms with Crippen LogP contribution >= 0.6 is 11.8 Å². The Bertz CT molecular complexity index is 997. The second-order valence-electron chi connectivity index (χ2n) is 5.81. The Morgan fingerprint density at radius 3 is 2.56 bits per heavy atom. The first-order chi connectivity index (χ1) is 12.0. The summed E-state index contributed by atoms with van der Waals surface area (Å²) in [4.78, 5) is 29.6. The Hall–Kier alpha value is -2.34. The van der Waals surface area contributed by atoms with E-state index in [-0.39, 0.29) is 16.7 Å². The van der Waals surface area contributed by atoms with Crippen LogP contribution in [-0.2, 0) is 11.3 Å². The maximum absolute atomic E-state index is 12.9. The topological polar surface area (TPSA) is 64.0 Å². The Morgan fingerprint density at radius 1 is 1.24 bits per heavy atom. The molecule has 5 nitrogen and oxygen atoms in total. The molecule has 0 aliphatic carbocycles. The molecule has 2 aromatic carbocycles. The molecule has 1 atom stereocenters. The van der Waals surface area contributed by atoms with Gasteiger partial charge < -0.3 is 5.32 Å². The SMILES string of the molecule is CCNC(=O)[C@H](C)Sc1nc2cc3ccccc3cc2c(=O)n1CC. The molecule has 3 aromatic rings. The summed E-state index contributed by atoms with van der Waals surface area (Å²) in [5.41, 5.74) is 0.600. The number of hydrogen-bond donors (Lipinski definition) is 1. The van der Waals surface area contributed by atoms with E-state index in [0.717, 1.165) is 10.8 Å². The van der Waals surface area contributed by atoms with Crippen LogP contribution in [0.15, 0.2) is 46.3 Å². The second-order valence-corrected chi connectivity index (χ2v) is 7.12. The fourth-order valence-electron chi connectivity index (χ4n) is 2.79. The van der Waals surface area contributed by atoms with Gasteiger partial charge in [-0.2, -0.15) is 0 Å². The number of rotatable bonds is 5. The van der Waals surface area contributed by atoms with E-state index in [0.29, 0.717) is 29.1 Å². The molecule has 0 aliphatic heterocycles. The molecule has 0 fully saturated rings. The van der Waals surface area contributed by atoms with E-state index in [9.17, 15) is 9.59 Å². The highest BCUT2D eigenvalue weighted by atomic mass is 32.2. The van der Waals surface area contributed by atoms with Crippen molar-refractivity contribution < 1.29 is 4.79 Å². The maximum Gasteiger partial charge on any atom is 0.262 e. The zero-order valence-corrected chi connectivity index (χ0v) is 15.4. The Morgan fingerprint density at radius 2 is 1.92 bits per heavy atom. The monoisotopic (exact) mass is 355 g/mol. The van der Waals surface area contributed by atoms with Crippen molar-refractivity contribution >= 4 is 39.3 Å². The van der Waals surface area contributed by atoms with E-state index in [1.54, 1.807) is 4.57 Å². The lowest BCUT2D eigenvalue weighted by atomic mass is 10.1. The van der Waals surface area contributed by atoms with Crippen molar-refractivity contribution in [3.63, 3.8) is 0 Å². The molecule has 1 aromatic heterocycles. The van der Waals surface area contributed by atoms with Gasteiger partial charge in [-0.05, 0) is 43.7 Å². The molecule has 0 spiro atoms. The van der Waals surface area contributed by atoms with Gasteiger partial charge in [-0.25, -0.2) is 4.98 Å². The lowest BCUT2D eigenvalue weighted by Gasteiger charge is -2.15. The number of carbonyl (C=O) groups is 1. The molecule has 0 saturated carbocycles. The highest BCUT2D eigenvalue weighted by molar-refractivity contribution is 8.00. The molecule has 0 unspecified atom stereocenters. The molecular weight excluding hydrogens is 334 g/mol. The summed E-state index contributed by atoms with van der Waals surface area (Å²) in [6, 6.07) is 11.8. The van der Waals surface area contributed by atoms with Gasteiger partial charge >= 0.3 is 0 Å². The van der Waals surface area contributed by atoms with Gasteiger partial charge in [0.05, 0.1) is 16.2 Å². The van der Waals surface area contributed by atoms with Gasteiger partial charge in [0.25, 0.3) is 5.56 Å². The van der Waals surface area contributed by atoms with Gasteiger partial charge in [-0.3, -0.25) is 14.2 Å². The van der Waals surface area contributed by atoms with E-state index in [1.807, 2.05) is 57.2 Å². The van der Waals surface area contributed by atoms with E-state index < -0.39 is 0 Å². The molecule has 25 heavy (non-hydrogen) atoms. The van der Waals surface area contributed by atoms with Gasteiger partial charge in [-0.1, -0.05) is 36.0 Å². The first-order valence-corrected chi connectivity index (χ1v) is 9.30. The van der Waals surface area contributed by atoms with Crippen molar-refractivity contribution in [3.05, 3.63) is 46.8 Å². The van der Waals surface area contributed by atoms with Crippen LogP contribution in [0.5, 0.6) is 0 Å². The predicted molar refractivity (Wildman–Crippen MR) is 103 cm³/mol. The zero-order chi connectivity index (χ0) is 18.0. The third-order valence-electron chi connectivity index (χ3n) is 4.11. The Kier molecular flexibility index (Phi) is 5.08. The van der Waals surface area contributed by atoms with Gasteiger partial charge in [0, 0.05) is 13.1 Å². The third-order valence-corrected chi connectivity index (χ3v) is 5.20. The minimum Gasteiger partial charge on any atom is -0.355 e. The van der Waals surface area contributed by atoms with Crippen molar-refractivity contribution in [2.75, 3.05) is 6.54 Å². The minimum atomic E-state index is -0.317. The zero-order valence-electron chi connectivity index (χ0n) is 14.6. The van der Waals surface area contributed by atoms with Crippen LogP contribution in [0.2, 0.25) is 0 Å². The van der Waals surface area contributed by atoms with Gasteiger partial charge in [0.15, 0.2) is 5.16 Å². The summed E-state index contributed by atoms with van der Waals surface area (Å²) < 4.78 is 1.64. The maximum atomic E-state index is 12.9. The summed E-state index contributed by atoms with van der Waals surface area (Å²) in [7, 11) is 0. The van der Waals surface area contributed by atoms with Crippen LogP contribution in [0.1, 0.15) is 20.8 Å². The normalized spacial score (nSPS) is 12.4. The smallest absolute Gasteiger partial charge is 0.262 e. The minimum absolute atomic E-state index is 0.0528. The van der Waals surface area contributed by atoms with Crippen LogP contribution in [0.3, 0.4) is 0 Å². The molecule has 0 bridgehead atoms. The van der Waals surface area contributed by atoms with E-state index in [1.165, 1.54) is 11.8 Å². The standard InChI is InChI=1S/C19H21N3O2S/c1-4-20-17(23)12(3)25-19-21-16-11-14-9-7-6-8-13(14)10-15(16)18(24)22(19)5-2/h6-12H,4-5H2,1-3H3,(H,20,23)/t12-/m0/s1. The second kappa shape index (κ2) is 7.27. The van der Waals surface area contributed by atoms with Crippen LogP contribution in [0.25, 0.3) is 21.7 Å². The lowest BCUT2D eigenvalue weighted by Crippen LogP contribution is -2.31. The molecule has 1 N–H and O–H groups in total. The number of fused-ring (bicyclic) bond motifs is 2. The average molecular weight is 355 g/mol. The number of aromatic nitrogens is 2. The van der Waals surface area contributed by atoms with E-state index >= 15 is 0 Å². The highest BCUT2D eigenvalue weighted by Gasteiger charge is 2.18. The van der Waals surface area contributed by atoms with Crippen LogP contribution in [-0.4, -0.2) is 27.3 Å². The third kappa shape index (κ3) is 3.39. The number of amides is 1. The Balaban J connectivity index is 2.13. The number of thioether (sulfide) groups is 1. The summed E-state index contributed by atoms with van der Waals surface area (Å²) in [6.45, 7) is 6.72. The van der Waals surface area contributed by atoms with Crippen molar-refractivity contribution in [1.82, 2.24) is 14.9 Å². The van der Waals surface area contributed by atoms with Crippen LogP contribution in [0, 0.1) is 0 Å². The number of nitrogens with one attached hydrogen (secondary N) is 1. The molecule has 0 radical (unpaired) electrons. The molecule has 130 valence electrons. The van der Waals surface area contributed by atoms with Crippen LogP contribution < -0.4 is 10.9 Å². The fourth-order valence-corrected chi connectivity index (χ4v) is 3.78. The Labute approximate surface area is 150 Å². The molecule has 0 saturated heterocycles. The number of benzene rings is 2. The summed E-state index contributed by atoms with van der Waals surface area (Å²) in [5, 5.41) is 5.74. The summed E-state index contributed by atoms with van der Waals surface area (Å²) in [6.07, 6.45) is 0. The summed E-state index contributed by atoms with van der Waals surface area (Å²) >= 11 is 1.32. The first-order valence-electron chi connectivity index (χ1n) is 8.42. The van der Waals surface area contributed by atoms with Crippen molar-refractivity contribution in [3.8, 4) is 0 Å². The highest BCUT2D eigenvalue weighted by Crippen LogP contribution is 2.25. The molecular formula is C19H21N3O2S. The van der Waals surface area contributed by atoms with Crippen LogP contribution in [0.4, 0.5) is 0 Å². The van der Waals surface area contributed by atoms with E-state index in [2.05, 4.69) is 10.3 Å². The van der Waals surface area contributed by atoms with Gasteiger partial charge in [0.1, 0.15) is 0 Å². The molecule has 0 aliphatic rings. The molecule has 1 amide bonds. The quantitative estimate of drug-likeness (QED) is 0.434. The van der Waals surface area contributed by atoms with Gasteiger partial charge in [-0.15, -0.1) is 0 Å². The molecule has 1 heterocycles. The lowest BCUT2D eigenvalue weighted by molar-refractivity contribution is -0.120. The predicted octanol–water partition coefficient (Wildman–Crippen LogP) is 3.19. The largest absolute Gasteiger partial charge is 0.355 e. The number of nitrogens with zero attached hydrogens (tertiary/aromatic N) is 2. The number of hydrogen-bond acceptors (Lipinski definition) is 4. The number of carbonyl (C=O) groups excluding carboxylic acids is 1. The fraction of sp³-hybridized carbons (Fsp3) is 0.316. The average Bonchev–Trinajstić information content (AvgIpc) is 2.61. The van der Waals surface area contributed by atoms with Gasteiger partial charge in [0.2, 0.25) is 5.91 Å². The van der Waals surface area contributed by atoms with E-state index in [4.69, 9.17) is 0 Å².